The zero-order chi connectivity index (χ0) is 27.1. The van der Waals surface area contributed by atoms with Crippen molar-refractivity contribution in [2.45, 2.75) is 44.8 Å². The van der Waals surface area contributed by atoms with Crippen LogP contribution in [0.25, 0.3) is 0 Å². The first-order chi connectivity index (χ1) is 17.6. The number of imide groups is 2. The molecule has 0 saturated carbocycles. The first-order valence-corrected chi connectivity index (χ1v) is 11.2. The highest BCUT2D eigenvalue weighted by molar-refractivity contribution is 6.29. The Bertz CT molecular complexity index is 1230. The molecule has 0 spiro atoms. The van der Waals surface area contributed by atoms with Gasteiger partial charge in [0.1, 0.15) is 23.9 Å². The van der Waals surface area contributed by atoms with Crippen molar-refractivity contribution in [3.63, 3.8) is 0 Å². The fourth-order valence-electron chi connectivity index (χ4n) is 3.71. The van der Waals surface area contributed by atoms with Gasteiger partial charge in [0.05, 0.1) is 18.9 Å². The number of carbonyl (C=O) groups excluding carboxylic acids is 3. The van der Waals surface area contributed by atoms with Crippen molar-refractivity contribution in [2.75, 3.05) is 6.67 Å². The summed E-state index contributed by atoms with van der Waals surface area (Å²) in [6, 6.07) is 5.00. The van der Waals surface area contributed by atoms with Gasteiger partial charge in [-0.2, -0.15) is 0 Å². The second kappa shape index (κ2) is 11.9. The van der Waals surface area contributed by atoms with Gasteiger partial charge in [-0.1, -0.05) is 35.5 Å². The number of alkyl halides is 1. The second-order valence-electron chi connectivity index (χ2n) is 8.14. The van der Waals surface area contributed by atoms with Gasteiger partial charge in [0.25, 0.3) is 11.8 Å². The van der Waals surface area contributed by atoms with E-state index in [1.165, 1.54) is 6.20 Å². The molecule has 4 amide bonds. The van der Waals surface area contributed by atoms with Crippen molar-refractivity contribution in [3.8, 4) is 0 Å². The van der Waals surface area contributed by atoms with Gasteiger partial charge < -0.3 is 15.3 Å². The lowest BCUT2D eigenvalue weighted by Crippen LogP contribution is -2.61. The summed E-state index contributed by atoms with van der Waals surface area (Å²) in [6.45, 7) is -1.44. The number of barbiturate groups is 1. The van der Waals surface area contributed by atoms with Crippen LogP contribution in [0.1, 0.15) is 30.5 Å². The fraction of sp³-hybridized carbons (Fsp3) is 0.348. The van der Waals surface area contributed by atoms with Crippen LogP contribution in [0.4, 0.5) is 9.18 Å². The maximum Gasteiger partial charge on any atom is 0.335 e. The Balaban J connectivity index is 2.02. The van der Waals surface area contributed by atoms with Crippen LogP contribution in [-0.4, -0.2) is 82.6 Å². The number of allylic oxidation sites excluding steroid dienone is 1. The minimum absolute atomic E-state index is 0.196. The van der Waals surface area contributed by atoms with Crippen LogP contribution >= 0.6 is 0 Å². The molecule has 1 aliphatic heterocycles. The number of halogens is 1. The van der Waals surface area contributed by atoms with E-state index in [0.29, 0.717) is 16.2 Å². The molecular weight excluding hydrogens is 493 g/mol. The van der Waals surface area contributed by atoms with E-state index in [1.807, 2.05) is 0 Å². The van der Waals surface area contributed by atoms with Gasteiger partial charge in [0, 0.05) is 12.6 Å². The summed E-state index contributed by atoms with van der Waals surface area (Å²) >= 11 is 0. The lowest BCUT2D eigenvalue weighted by Gasteiger charge is -2.37. The summed E-state index contributed by atoms with van der Waals surface area (Å²) in [6.07, 6.45) is 0.544. The smallest absolute Gasteiger partial charge is 0.335 e. The Morgan fingerprint density at radius 2 is 1.73 bits per heavy atom. The zero-order valence-corrected chi connectivity index (χ0v) is 19.5. The third kappa shape index (κ3) is 6.34. The maximum absolute atomic E-state index is 13.3. The van der Waals surface area contributed by atoms with Gasteiger partial charge >= 0.3 is 18.0 Å². The molecule has 1 fully saturated rings. The minimum Gasteiger partial charge on any atom is -0.509 e. The Morgan fingerprint density at radius 3 is 2.35 bits per heavy atom. The van der Waals surface area contributed by atoms with E-state index in [2.05, 4.69) is 10.3 Å². The highest BCUT2D eigenvalue weighted by Crippen LogP contribution is 2.26. The predicted octanol–water partition coefficient (Wildman–Crippen LogP) is 1.30. The summed E-state index contributed by atoms with van der Waals surface area (Å²) < 4.78 is 13.5. The minimum atomic E-state index is -1.91. The molecule has 1 atom stereocenters. The number of hydrogen-bond donors (Lipinski definition) is 3. The fourth-order valence-corrected chi connectivity index (χ4v) is 3.71. The standard InChI is InChI=1S/C23H24FN5O8/c24-10-4-7-15-12-27(26-25-15)13-17(30)19-20(33)28(11-14-5-2-1-3-6-14)23(37)29(21(19)34)16(22(35)36)8-9-18(31)32/h1-3,5-6,12,16,30H,4,7-11,13H2,(H,31,32)(H,35,36)/b19-17+. The molecule has 1 aromatic heterocycles. The van der Waals surface area contributed by atoms with E-state index >= 15 is 0 Å². The number of hydrogen-bond acceptors (Lipinski definition) is 8. The first kappa shape index (κ1) is 27.0. The van der Waals surface area contributed by atoms with E-state index in [1.54, 1.807) is 30.3 Å². The maximum atomic E-state index is 13.3. The number of aliphatic carboxylic acids is 2. The number of carboxylic acid groups (broad SMARTS) is 2. The molecule has 0 aliphatic carbocycles. The Morgan fingerprint density at radius 1 is 1.03 bits per heavy atom. The lowest BCUT2D eigenvalue weighted by atomic mass is 10.0. The molecule has 2 aromatic rings. The number of aliphatic hydroxyl groups is 1. The third-order valence-electron chi connectivity index (χ3n) is 5.49. The molecule has 196 valence electrons. The van der Waals surface area contributed by atoms with Crippen LogP contribution in [0.3, 0.4) is 0 Å². The van der Waals surface area contributed by atoms with E-state index in [-0.39, 0.29) is 24.3 Å². The van der Waals surface area contributed by atoms with Gasteiger partial charge in [0.2, 0.25) is 0 Å². The molecule has 2 heterocycles. The van der Waals surface area contributed by atoms with Crippen LogP contribution in [-0.2, 0) is 38.7 Å². The van der Waals surface area contributed by atoms with Gasteiger partial charge in [-0.3, -0.25) is 23.7 Å². The topological polar surface area (TPSA) is 183 Å². The first-order valence-electron chi connectivity index (χ1n) is 11.2. The molecule has 3 rings (SSSR count). The molecule has 13 nitrogen and oxygen atoms in total. The number of aliphatic hydroxyl groups excluding tert-OH is 1. The molecule has 14 heteroatoms. The van der Waals surface area contributed by atoms with Crippen molar-refractivity contribution in [1.29, 1.82) is 0 Å². The van der Waals surface area contributed by atoms with Gasteiger partial charge in [-0.25, -0.2) is 19.2 Å². The number of aromatic nitrogens is 3. The predicted molar refractivity (Wildman–Crippen MR) is 122 cm³/mol. The SMILES string of the molecule is O=C(O)CCC(C(=O)O)N1C(=O)/C(=C(/O)Cn2cc(CCCF)nn2)C(=O)N(Cc2ccccc2)C1=O. The number of aryl methyl sites for hydroxylation is 1. The summed E-state index contributed by atoms with van der Waals surface area (Å²) in [5, 5.41) is 37.0. The number of nitrogens with zero attached hydrogens (tertiary/aromatic N) is 5. The number of amides is 4. The van der Waals surface area contributed by atoms with Gasteiger partial charge in [0.15, 0.2) is 0 Å². The molecule has 1 aromatic carbocycles. The Kier molecular flexibility index (Phi) is 8.66. The summed E-state index contributed by atoms with van der Waals surface area (Å²) in [4.78, 5) is 63.6. The molecule has 0 radical (unpaired) electrons. The largest absolute Gasteiger partial charge is 0.509 e. The average Bonchev–Trinajstić information content (AvgIpc) is 3.29. The molecular formula is C23H24FN5O8. The molecule has 1 aliphatic rings. The number of urea groups is 1. The molecule has 1 saturated heterocycles. The molecule has 37 heavy (non-hydrogen) atoms. The van der Waals surface area contributed by atoms with E-state index in [4.69, 9.17) is 5.11 Å². The van der Waals surface area contributed by atoms with Crippen molar-refractivity contribution in [2.24, 2.45) is 0 Å². The lowest BCUT2D eigenvalue weighted by molar-refractivity contribution is -0.151. The van der Waals surface area contributed by atoms with Crippen LogP contribution in [0.15, 0.2) is 47.9 Å². The van der Waals surface area contributed by atoms with Crippen molar-refractivity contribution < 1.29 is 43.7 Å². The quantitative estimate of drug-likeness (QED) is 0.211. The molecule has 3 N–H and O–H groups in total. The zero-order valence-electron chi connectivity index (χ0n) is 19.5. The molecule has 0 bridgehead atoms. The average molecular weight is 517 g/mol. The Labute approximate surface area is 209 Å². The number of carbonyl (C=O) groups is 5. The third-order valence-corrected chi connectivity index (χ3v) is 5.49. The summed E-state index contributed by atoms with van der Waals surface area (Å²) in [5.41, 5.74) is 0.0142. The van der Waals surface area contributed by atoms with Gasteiger partial charge in [-0.05, 0) is 24.8 Å². The van der Waals surface area contributed by atoms with E-state index < -0.39 is 73.2 Å². The summed E-state index contributed by atoms with van der Waals surface area (Å²) in [7, 11) is 0. The highest BCUT2D eigenvalue weighted by Gasteiger charge is 2.48. The molecule has 1 unspecified atom stereocenters. The normalized spacial score (nSPS) is 16.2. The van der Waals surface area contributed by atoms with E-state index in [9.17, 15) is 38.6 Å². The monoisotopic (exact) mass is 517 g/mol. The second-order valence-corrected chi connectivity index (χ2v) is 8.14. The number of benzene rings is 1. The number of rotatable bonds is 12. The van der Waals surface area contributed by atoms with E-state index in [0.717, 1.165) is 4.68 Å². The van der Waals surface area contributed by atoms with Crippen LogP contribution in [0.5, 0.6) is 0 Å². The number of carboxylic acids is 2. The van der Waals surface area contributed by atoms with Gasteiger partial charge in [-0.15, -0.1) is 5.10 Å². The van der Waals surface area contributed by atoms with Crippen LogP contribution in [0.2, 0.25) is 0 Å². The van der Waals surface area contributed by atoms with Crippen LogP contribution in [0, 0.1) is 0 Å². The Hall–Kier alpha value is -4.62. The summed E-state index contributed by atoms with van der Waals surface area (Å²) in [5.74, 6) is -6.37. The van der Waals surface area contributed by atoms with Crippen molar-refractivity contribution in [3.05, 3.63) is 59.1 Å². The van der Waals surface area contributed by atoms with Crippen molar-refractivity contribution in [1.82, 2.24) is 24.8 Å². The van der Waals surface area contributed by atoms with Crippen molar-refractivity contribution >= 4 is 29.8 Å². The van der Waals surface area contributed by atoms with Crippen LogP contribution < -0.4 is 0 Å². The highest BCUT2D eigenvalue weighted by atomic mass is 19.1.